The Hall–Kier alpha value is -0.910. The van der Waals surface area contributed by atoms with Crippen molar-refractivity contribution >= 4 is 17.2 Å². The average Bonchev–Trinajstić information content (AvgIpc) is 2.98. The molecule has 0 radical (unpaired) electrons. The number of carbonyl (C=O) groups is 1. The molecule has 4 nitrogen and oxygen atoms in total. The summed E-state index contributed by atoms with van der Waals surface area (Å²) >= 11 is 1.57. The fraction of sp³-hybridized carbons (Fsp3) is 0.615. The van der Waals surface area contributed by atoms with Gasteiger partial charge in [-0.3, -0.25) is 4.79 Å². The first kappa shape index (κ1) is 12.1. The Labute approximate surface area is 110 Å². The highest BCUT2D eigenvalue weighted by molar-refractivity contribution is 7.08. The van der Waals surface area contributed by atoms with E-state index in [1.807, 2.05) is 22.6 Å². The molecule has 98 valence electrons. The monoisotopic (exact) mass is 267 g/mol. The zero-order valence-electron chi connectivity index (χ0n) is 10.5. The third-order valence-corrected chi connectivity index (χ3v) is 4.47. The number of nitrogens with zero attached hydrogens (tertiary/aromatic N) is 1. The molecule has 1 aromatic heterocycles. The summed E-state index contributed by atoms with van der Waals surface area (Å²) in [6.45, 7) is 4.61. The molecule has 18 heavy (non-hydrogen) atoms. The van der Waals surface area contributed by atoms with Crippen molar-refractivity contribution < 1.29 is 14.3 Å². The van der Waals surface area contributed by atoms with Gasteiger partial charge < -0.3 is 14.4 Å². The minimum absolute atomic E-state index is 0.104. The van der Waals surface area contributed by atoms with E-state index in [9.17, 15) is 4.79 Å². The lowest BCUT2D eigenvalue weighted by atomic mass is 10.0. The number of hydrogen-bond acceptors (Lipinski definition) is 4. The van der Waals surface area contributed by atoms with Crippen LogP contribution in [0.4, 0.5) is 0 Å². The van der Waals surface area contributed by atoms with E-state index in [4.69, 9.17) is 9.47 Å². The molecule has 3 rings (SSSR count). The largest absolute Gasteiger partial charge is 0.346 e. The molecule has 1 spiro atoms. The van der Waals surface area contributed by atoms with E-state index in [1.54, 1.807) is 11.3 Å². The minimum Gasteiger partial charge on any atom is -0.346 e. The van der Waals surface area contributed by atoms with Gasteiger partial charge in [0.15, 0.2) is 5.79 Å². The third kappa shape index (κ3) is 2.06. The summed E-state index contributed by atoms with van der Waals surface area (Å²) in [5.74, 6) is -0.426. The molecule has 0 saturated carbocycles. The molecular formula is C13H17NO3S. The molecule has 0 aliphatic carbocycles. The van der Waals surface area contributed by atoms with Gasteiger partial charge in [0.1, 0.15) is 0 Å². The van der Waals surface area contributed by atoms with E-state index in [0.717, 1.165) is 30.5 Å². The molecule has 2 saturated heterocycles. The van der Waals surface area contributed by atoms with Crippen LogP contribution in [0.3, 0.4) is 0 Å². The van der Waals surface area contributed by atoms with Crippen LogP contribution in [-0.2, 0) is 9.47 Å². The van der Waals surface area contributed by atoms with Gasteiger partial charge in [-0.25, -0.2) is 0 Å². The molecular weight excluding hydrogens is 250 g/mol. The Kier molecular flexibility index (Phi) is 3.13. The molecule has 0 unspecified atom stereocenters. The highest BCUT2D eigenvalue weighted by Crippen LogP contribution is 2.31. The first-order valence-electron chi connectivity index (χ1n) is 6.30. The first-order valence-corrected chi connectivity index (χ1v) is 7.24. The average molecular weight is 267 g/mol. The quantitative estimate of drug-likeness (QED) is 0.781. The van der Waals surface area contributed by atoms with Gasteiger partial charge in [-0.2, -0.15) is 11.3 Å². The molecule has 0 N–H and O–H groups in total. The molecule has 0 bridgehead atoms. The van der Waals surface area contributed by atoms with Gasteiger partial charge in [-0.05, 0) is 24.3 Å². The maximum absolute atomic E-state index is 12.4. The van der Waals surface area contributed by atoms with Crippen molar-refractivity contribution in [2.24, 2.45) is 0 Å². The van der Waals surface area contributed by atoms with Crippen molar-refractivity contribution in [2.75, 3.05) is 26.3 Å². The van der Waals surface area contributed by atoms with Crippen LogP contribution in [0.5, 0.6) is 0 Å². The van der Waals surface area contributed by atoms with Gasteiger partial charge in [0, 0.05) is 18.3 Å². The molecule has 0 atom stereocenters. The smallest absolute Gasteiger partial charge is 0.255 e. The number of ether oxygens (including phenoxy) is 2. The lowest BCUT2D eigenvalue weighted by molar-refractivity contribution is -0.183. The van der Waals surface area contributed by atoms with E-state index >= 15 is 0 Å². The number of carbonyl (C=O) groups excluding carboxylic acids is 1. The Bertz CT molecular complexity index is 451. The Morgan fingerprint density at radius 1 is 1.39 bits per heavy atom. The predicted octanol–water partition coefficient (Wildman–Crippen LogP) is 2.04. The fourth-order valence-electron chi connectivity index (χ4n) is 2.64. The maximum atomic E-state index is 12.4. The zero-order valence-corrected chi connectivity index (χ0v) is 11.3. The summed E-state index contributed by atoms with van der Waals surface area (Å²) in [6.07, 6.45) is 1.83. The van der Waals surface area contributed by atoms with E-state index in [1.165, 1.54) is 0 Å². The van der Waals surface area contributed by atoms with Crippen molar-refractivity contribution in [3.63, 3.8) is 0 Å². The normalized spacial score (nSPS) is 22.6. The molecule has 2 aliphatic rings. The number of thiophene rings is 1. The lowest BCUT2D eigenvalue weighted by Gasteiger charge is -2.38. The topological polar surface area (TPSA) is 38.8 Å². The van der Waals surface area contributed by atoms with Gasteiger partial charge in [0.05, 0.1) is 25.3 Å². The van der Waals surface area contributed by atoms with Crippen molar-refractivity contribution in [2.45, 2.75) is 25.6 Å². The number of hydrogen-bond donors (Lipinski definition) is 0. The van der Waals surface area contributed by atoms with Crippen LogP contribution in [0.15, 0.2) is 10.8 Å². The van der Waals surface area contributed by atoms with Crippen molar-refractivity contribution in [1.29, 1.82) is 0 Å². The van der Waals surface area contributed by atoms with Gasteiger partial charge in [-0.15, -0.1) is 0 Å². The Balaban J connectivity index is 1.76. The van der Waals surface area contributed by atoms with E-state index in [2.05, 4.69) is 0 Å². The van der Waals surface area contributed by atoms with Gasteiger partial charge in [0.2, 0.25) is 0 Å². The standard InChI is InChI=1S/C13H17NO3S/c1-10-7-18-8-11(10)12(15)14-4-2-3-13(9-14)16-5-6-17-13/h7-8H,2-6,9H2,1H3. The van der Waals surface area contributed by atoms with Gasteiger partial charge in [0.25, 0.3) is 5.91 Å². The first-order chi connectivity index (χ1) is 8.70. The predicted molar refractivity (Wildman–Crippen MR) is 68.8 cm³/mol. The highest BCUT2D eigenvalue weighted by atomic mass is 32.1. The summed E-state index contributed by atoms with van der Waals surface area (Å²) in [7, 11) is 0. The molecule has 3 heterocycles. The van der Waals surface area contributed by atoms with Crippen LogP contribution >= 0.6 is 11.3 Å². The van der Waals surface area contributed by atoms with E-state index < -0.39 is 5.79 Å². The molecule has 0 aromatic carbocycles. The Morgan fingerprint density at radius 2 is 2.17 bits per heavy atom. The van der Waals surface area contributed by atoms with Crippen LogP contribution in [0.25, 0.3) is 0 Å². The lowest BCUT2D eigenvalue weighted by Crippen LogP contribution is -2.51. The summed E-state index contributed by atoms with van der Waals surface area (Å²) in [5, 5.41) is 3.94. The zero-order chi connectivity index (χ0) is 12.6. The van der Waals surface area contributed by atoms with Crippen molar-refractivity contribution in [3.8, 4) is 0 Å². The minimum atomic E-state index is -0.530. The molecule has 1 aromatic rings. The van der Waals surface area contributed by atoms with E-state index in [0.29, 0.717) is 19.8 Å². The number of rotatable bonds is 1. The molecule has 2 aliphatic heterocycles. The van der Waals surface area contributed by atoms with Crippen LogP contribution in [0.2, 0.25) is 0 Å². The molecule has 5 heteroatoms. The van der Waals surface area contributed by atoms with E-state index in [-0.39, 0.29) is 5.91 Å². The second-order valence-corrected chi connectivity index (χ2v) is 5.65. The molecule has 1 amide bonds. The number of aryl methyl sites for hydroxylation is 1. The number of likely N-dealkylation sites (tertiary alicyclic amines) is 1. The SMILES string of the molecule is Cc1cscc1C(=O)N1CCCC2(C1)OCCO2. The van der Waals surface area contributed by atoms with Crippen LogP contribution in [0, 0.1) is 6.92 Å². The summed E-state index contributed by atoms with van der Waals surface area (Å²) in [5.41, 5.74) is 1.87. The second-order valence-electron chi connectivity index (χ2n) is 4.91. The van der Waals surface area contributed by atoms with Crippen LogP contribution in [0.1, 0.15) is 28.8 Å². The summed E-state index contributed by atoms with van der Waals surface area (Å²) in [4.78, 5) is 14.3. The second kappa shape index (κ2) is 4.64. The highest BCUT2D eigenvalue weighted by Gasteiger charge is 2.42. The van der Waals surface area contributed by atoms with Crippen molar-refractivity contribution in [3.05, 3.63) is 21.9 Å². The van der Waals surface area contributed by atoms with Crippen LogP contribution in [-0.4, -0.2) is 42.9 Å². The van der Waals surface area contributed by atoms with Crippen LogP contribution < -0.4 is 0 Å². The Morgan fingerprint density at radius 3 is 2.83 bits per heavy atom. The van der Waals surface area contributed by atoms with Gasteiger partial charge >= 0.3 is 0 Å². The van der Waals surface area contributed by atoms with Gasteiger partial charge in [-0.1, -0.05) is 0 Å². The summed E-state index contributed by atoms with van der Waals surface area (Å²) in [6, 6.07) is 0. The number of amides is 1. The third-order valence-electron chi connectivity index (χ3n) is 3.60. The molecule has 2 fully saturated rings. The number of piperidine rings is 1. The van der Waals surface area contributed by atoms with Crippen molar-refractivity contribution in [1.82, 2.24) is 4.90 Å². The maximum Gasteiger partial charge on any atom is 0.255 e. The fourth-order valence-corrected chi connectivity index (χ4v) is 3.47. The summed E-state index contributed by atoms with van der Waals surface area (Å²) < 4.78 is 11.4.